The van der Waals surface area contributed by atoms with Crippen molar-refractivity contribution >= 4 is 11.6 Å². The van der Waals surface area contributed by atoms with Crippen LogP contribution in [0.2, 0.25) is 5.02 Å². The van der Waals surface area contributed by atoms with Crippen molar-refractivity contribution in [2.45, 2.75) is 13.0 Å². The standard InChI is InChI=1S/C15H23ClFN3/c1-19-5-7-20(8-6-19)4-2-3-18-12-13-9-14(16)11-15(17)10-13/h9-11,18H,2-8,12H2,1H3. The summed E-state index contributed by atoms with van der Waals surface area (Å²) in [6.07, 6.45) is 1.12. The zero-order chi connectivity index (χ0) is 14.4. The van der Waals surface area contributed by atoms with Crippen molar-refractivity contribution < 1.29 is 4.39 Å². The van der Waals surface area contributed by atoms with Crippen LogP contribution in [0.5, 0.6) is 0 Å². The number of nitrogens with zero attached hydrogens (tertiary/aromatic N) is 2. The van der Waals surface area contributed by atoms with E-state index in [1.807, 2.05) is 0 Å². The molecule has 112 valence electrons. The summed E-state index contributed by atoms with van der Waals surface area (Å²) in [5, 5.41) is 3.80. The van der Waals surface area contributed by atoms with Crippen LogP contribution in [-0.4, -0.2) is 56.1 Å². The zero-order valence-corrected chi connectivity index (χ0v) is 12.8. The number of likely N-dealkylation sites (N-methyl/N-ethyl adjacent to an activating group) is 1. The molecular weight excluding hydrogens is 277 g/mol. The van der Waals surface area contributed by atoms with E-state index in [1.54, 1.807) is 6.07 Å². The minimum Gasteiger partial charge on any atom is -0.313 e. The summed E-state index contributed by atoms with van der Waals surface area (Å²) in [5.74, 6) is -0.272. The van der Waals surface area contributed by atoms with Gasteiger partial charge in [0, 0.05) is 37.7 Å². The molecule has 1 aliphatic rings. The Labute approximate surface area is 125 Å². The van der Waals surface area contributed by atoms with Gasteiger partial charge in [-0.2, -0.15) is 0 Å². The van der Waals surface area contributed by atoms with E-state index in [2.05, 4.69) is 22.2 Å². The normalized spacial score (nSPS) is 17.6. The predicted molar refractivity (Wildman–Crippen MR) is 81.7 cm³/mol. The number of halogens is 2. The summed E-state index contributed by atoms with van der Waals surface area (Å²) >= 11 is 5.83. The second-order valence-electron chi connectivity index (χ2n) is 5.45. The van der Waals surface area contributed by atoms with Gasteiger partial charge in [-0.1, -0.05) is 11.6 Å². The fourth-order valence-corrected chi connectivity index (χ4v) is 2.69. The maximum Gasteiger partial charge on any atom is 0.125 e. The second-order valence-corrected chi connectivity index (χ2v) is 5.89. The molecule has 0 spiro atoms. The van der Waals surface area contributed by atoms with Crippen molar-refractivity contribution in [3.63, 3.8) is 0 Å². The molecule has 0 bridgehead atoms. The molecule has 1 aromatic carbocycles. The van der Waals surface area contributed by atoms with E-state index in [1.165, 1.54) is 12.1 Å². The van der Waals surface area contributed by atoms with Crippen LogP contribution in [0.4, 0.5) is 4.39 Å². The van der Waals surface area contributed by atoms with E-state index >= 15 is 0 Å². The van der Waals surface area contributed by atoms with Crippen molar-refractivity contribution in [1.29, 1.82) is 0 Å². The monoisotopic (exact) mass is 299 g/mol. The average molecular weight is 300 g/mol. The third-order valence-electron chi connectivity index (χ3n) is 3.68. The van der Waals surface area contributed by atoms with E-state index in [0.29, 0.717) is 11.6 Å². The Morgan fingerprint density at radius 1 is 1.20 bits per heavy atom. The first-order valence-corrected chi connectivity index (χ1v) is 7.58. The van der Waals surface area contributed by atoms with Gasteiger partial charge in [0.1, 0.15) is 5.82 Å². The number of hydrogen-bond acceptors (Lipinski definition) is 3. The maximum atomic E-state index is 13.2. The molecule has 0 unspecified atom stereocenters. The molecule has 1 aromatic rings. The lowest BCUT2D eigenvalue weighted by atomic mass is 10.2. The minimum absolute atomic E-state index is 0.272. The summed E-state index contributed by atoms with van der Waals surface area (Å²) < 4.78 is 13.2. The molecular formula is C15H23ClFN3. The highest BCUT2D eigenvalue weighted by atomic mass is 35.5. The number of rotatable bonds is 6. The van der Waals surface area contributed by atoms with Gasteiger partial charge in [0.2, 0.25) is 0 Å². The average Bonchev–Trinajstić information content (AvgIpc) is 2.39. The highest BCUT2D eigenvalue weighted by molar-refractivity contribution is 6.30. The Kier molecular flexibility index (Phi) is 6.23. The Balaban J connectivity index is 1.59. The van der Waals surface area contributed by atoms with E-state index in [4.69, 9.17) is 11.6 Å². The van der Waals surface area contributed by atoms with Crippen molar-refractivity contribution in [2.24, 2.45) is 0 Å². The van der Waals surface area contributed by atoms with Gasteiger partial charge in [-0.15, -0.1) is 0 Å². The lowest BCUT2D eigenvalue weighted by molar-refractivity contribution is 0.153. The third-order valence-corrected chi connectivity index (χ3v) is 3.89. The molecule has 2 rings (SSSR count). The van der Waals surface area contributed by atoms with Gasteiger partial charge < -0.3 is 15.1 Å². The zero-order valence-electron chi connectivity index (χ0n) is 12.0. The van der Waals surface area contributed by atoms with Crippen LogP contribution >= 0.6 is 11.6 Å². The molecule has 0 aromatic heterocycles. The fourth-order valence-electron chi connectivity index (χ4n) is 2.44. The Bertz CT molecular complexity index is 399. The van der Waals surface area contributed by atoms with Crippen molar-refractivity contribution in [1.82, 2.24) is 15.1 Å². The lowest BCUT2D eigenvalue weighted by Crippen LogP contribution is -2.45. The first-order chi connectivity index (χ1) is 9.63. The van der Waals surface area contributed by atoms with Gasteiger partial charge in [-0.3, -0.25) is 0 Å². The van der Waals surface area contributed by atoms with Gasteiger partial charge in [-0.25, -0.2) is 4.39 Å². The van der Waals surface area contributed by atoms with Crippen molar-refractivity contribution in [3.8, 4) is 0 Å². The van der Waals surface area contributed by atoms with Crippen LogP contribution < -0.4 is 5.32 Å². The highest BCUT2D eigenvalue weighted by Crippen LogP contribution is 2.13. The smallest absolute Gasteiger partial charge is 0.125 e. The Hall–Kier alpha value is -0.680. The topological polar surface area (TPSA) is 18.5 Å². The number of hydrogen-bond donors (Lipinski definition) is 1. The maximum absolute atomic E-state index is 13.2. The summed E-state index contributed by atoms with van der Waals surface area (Å²) in [6.45, 7) is 7.39. The molecule has 1 saturated heterocycles. The molecule has 0 amide bonds. The van der Waals surface area contributed by atoms with E-state index in [-0.39, 0.29) is 5.82 Å². The molecule has 0 aliphatic carbocycles. The van der Waals surface area contributed by atoms with Crippen LogP contribution in [0, 0.1) is 5.82 Å². The second kappa shape index (κ2) is 7.93. The van der Waals surface area contributed by atoms with Gasteiger partial charge >= 0.3 is 0 Å². The molecule has 20 heavy (non-hydrogen) atoms. The first-order valence-electron chi connectivity index (χ1n) is 7.20. The van der Waals surface area contributed by atoms with E-state index in [9.17, 15) is 4.39 Å². The number of benzene rings is 1. The predicted octanol–water partition coefficient (Wildman–Crippen LogP) is 2.21. The molecule has 0 atom stereocenters. The quantitative estimate of drug-likeness (QED) is 0.813. The first kappa shape index (κ1) is 15.7. The number of nitrogens with one attached hydrogen (secondary N) is 1. The van der Waals surface area contributed by atoms with Crippen LogP contribution in [0.15, 0.2) is 18.2 Å². The van der Waals surface area contributed by atoms with Gasteiger partial charge in [0.15, 0.2) is 0 Å². The third kappa shape index (κ3) is 5.37. The molecule has 1 heterocycles. The Morgan fingerprint density at radius 3 is 2.65 bits per heavy atom. The summed E-state index contributed by atoms with van der Waals surface area (Å²) in [6, 6.07) is 4.66. The largest absolute Gasteiger partial charge is 0.313 e. The summed E-state index contributed by atoms with van der Waals surface area (Å²) in [4.78, 5) is 4.86. The summed E-state index contributed by atoms with van der Waals surface area (Å²) in [5.41, 5.74) is 0.898. The minimum atomic E-state index is -0.272. The van der Waals surface area contributed by atoms with E-state index < -0.39 is 0 Å². The van der Waals surface area contributed by atoms with Gasteiger partial charge in [-0.05, 0) is 50.3 Å². The highest BCUT2D eigenvalue weighted by Gasteiger charge is 2.12. The van der Waals surface area contributed by atoms with Crippen LogP contribution in [0.25, 0.3) is 0 Å². The molecule has 1 aliphatic heterocycles. The van der Waals surface area contributed by atoms with Crippen molar-refractivity contribution in [3.05, 3.63) is 34.6 Å². The molecule has 5 heteroatoms. The van der Waals surface area contributed by atoms with Crippen LogP contribution in [0.3, 0.4) is 0 Å². The molecule has 0 saturated carbocycles. The summed E-state index contributed by atoms with van der Waals surface area (Å²) in [7, 11) is 2.17. The molecule has 1 N–H and O–H groups in total. The molecule has 3 nitrogen and oxygen atoms in total. The molecule has 1 fully saturated rings. The Morgan fingerprint density at radius 2 is 1.95 bits per heavy atom. The van der Waals surface area contributed by atoms with E-state index in [0.717, 1.165) is 51.3 Å². The molecule has 0 radical (unpaired) electrons. The van der Waals surface area contributed by atoms with Crippen LogP contribution in [0.1, 0.15) is 12.0 Å². The van der Waals surface area contributed by atoms with Gasteiger partial charge in [0.05, 0.1) is 0 Å². The van der Waals surface area contributed by atoms with Gasteiger partial charge in [0.25, 0.3) is 0 Å². The van der Waals surface area contributed by atoms with Crippen LogP contribution in [-0.2, 0) is 6.54 Å². The lowest BCUT2D eigenvalue weighted by Gasteiger charge is -2.32. The fraction of sp³-hybridized carbons (Fsp3) is 0.600. The van der Waals surface area contributed by atoms with Crippen molar-refractivity contribution in [2.75, 3.05) is 46.3 Å². The SMILES string of the molecule is CN1CCN(CCCNCc2cc(F)cc(Cl)c2)CC1. The number of piperazine rings is 1.